The number of Topliss-reactive ketones (excluding diaryl/α,β-unsaturated/α-hetero) is 1. The van der Waals surface area contributed by atoms with Gasteiger partial charge in [-0.3, -0.25) is 14.5 Å². The summed E-state index contributed by atoms with van der Waals surface area (Å²) in [6, 6.07) is 7.51. The number of thiazole rings is 1. The van der Waals surface area contributed by atoms with Gasteiger partial charge in [-0.25, -0.2) is 4.98 Å². The van der Waals surface area contributed by atoms with Crippen LogP contribution in [0.25, 0.3) is 0 Å². The number of nitrogens with zero attached hydrogens (tertiary/aromatic N) is 2. The standard InChI is InChI=1S/C21H27N3O3S/c1-15-5-3-4-12-24(15)14-18-13-22-21(28-18)23-20(26)11-10-19(25)16-6-8-17(27-2)9-7-16/h6-9,13,15H,3-5,10-12,14H2,1-2H3,(H,22,23,26). The Morgan fingerprint density at radius 3 is 2.75 bits per heavy atom. The molecule has 1 fully saturated rings. The van der Waals surface area contributed by atoms with Crippen LogP contribution in [-0.2, 0) is 11.3 Å². The summed E-state index contributed by atoms with van der Waals surface area (Å²) >= 11 is 1.51. The molecule has 150 valence electrons. The molecule has 0 spiro atoms. The molecule has 1 saturated heterocycles. The number of rotatable bonds is 8. The number of piperidine rings is 1. The molecule has 0 bridgehead atoms. The van der Waals surface area contributed by atoms with Gasteiger partial charge in [0.1, 0.15) is 5.75 Å². The van der Waals surface area contributed by atoms with Crippen molar-refractivity contribution in [1.29, 1.82) is 0 Å². The Hall–Kier alpha value is -2.25. The number of likely N-dealkylation sites (tertiary alicyclic amines) is 1. The highest BCUT2D eigenvalue weighted by atomic mass is 32.1. The molecule has 1 aromatic heterocycles. The highest BCUT2D eigenvalue weighted by Crippen LogP contribution is 2.24. The first-order valence-corrected chi connectivity index (χ1v) is 10.5. The van der Waals surface area contributed by atoms with Crippen LogP contribution in [-0.4, -0.2) is 41.3 Å². The first-order valence-electron chi connectivity index (χ1n) is 9.71. The summed E-state index contributed by atoms with van der Waals surface area (Å²) in [4.78, 5) is 32.3. The first kappa shape index (κ1) is 20.5. The summed E-state index contributed by atoms with van der Waals surface area (Å²) in [5.74, 6) is 0.457. The number of hydrogen-bond acceptors (Lipinski definition) is 6. The molecule has 1 unspecified atom stereocenters. The van der Waals surface area contributed by atoms with Crippen molar-refractivity contribution in [2.75, 3.05) is 19.0 Å². The predicted octanol–water partition coefficient (Wildman–Crippen LogP) is 4.13. The van der Waals surface area contributed by atoms with Gasteiger partial charge >= 0.3 is 0 Å². The highest BCUT2D eigenvalue weighted by molar-refractivity contribution is 7.15. The summed E-state index contributed by atoms with van der Waals surface area (Å²) in [5, 5.41) is 3.41. The van der Waals surface area contributed by atoms with Gasteiger partial charge in [-0.05, 0) is 50.6 Å². The molecule has 0 aliphatic carbocycles. The second kappa shape index (κ2) is 9.80. The molecule has 1 N–H and O–H groups in total. The van der Waals surface area contributed by atoms with Crippen molar-refractivity contribution >= 4 is 28.2 Å². The van der Waals surface area contributed by atoms with Gasteiger partial charge < -0.3 is 10.1 Å². The van der Waals surface area contributed by atoms with Crippen molar-refractivity contribution in [2.45, 2.75) is 51.6 Å². The number of hydrogen-bond donors (Lipinski definition) is 1. The second-order valence-electron chi connectivity index (χ2n) is 7.15. The lowest BCUT2D eigenvalue weighted by Crippen LogP contribution is -2.36. The minimum Gasteiger partial charge on any atom is -0.497 e. The number of ketones is 1. The summed E-state index contributed by atoms with van der Waals surface area (Å²) in [7, 11) is 1.58. The Kier molecular flexibility index (Phi) is 7.17. The third-order valence-corrected chi connectivity index (χ3v) is 5.99. The lowest BCUT2D eigenvalue weighted by molar-refractivity contribution is -0.116. The molecule has 1 amide bonds. The number of ether oxygens (including phenoxy) is 1. The zero-order chi connectivity index (χ0) is 19.9. The van der Waals surface area contributed by atoms with E-state index in [0.717, 1.165) is 18.0 Å². The van der Waals surface area contributed by atoms with E-state index in [2.05, 4.69) is 22.1 Å². The second-order valence-corrected chi connectivity index (χ2v) is 8.26. The number of carbonyl (C=O) groups excluding carboxylic acids is 2. The van der Waals surface area contributed by atoms with Crippen LogP contribution in [0.5, 0.6) is 5.75 Å². The van der Waals surface area contributed by atoms with E-state index in [1.807, 2.05) is 6.20 Å². The minimum atomic E-state index is -0.186. The molecular weight excluding hydrogens is 374 g/mol. The summed E-state index contributed by atoms with van der Waals surface area (Å²) in [6.45, 7) is 4.27. The molecule has 7 heteroatoms. The summed E-state index contributed by atoms with van der Waals surface area (Å²) in [6.07, 6.45) is 5.94. The topological polar surface area (TPSA) is 71.5 Å². The molecule has 1 atom stereocenters. The Bertz CT molecular complexity index is 803. The van der Waals surface area contributed by atoms with E-state index in [4.69, 9.17) is 4.74 Å². The number of methoxy groups -OCH3 is 1. The maximum Gasteiger partial charge on any atom is 0.226 e. The van der Waals surface area contributed by atoms with Crippen LogP contribution in [0, 0.1) is 0 Å². The largest absolute Gasteiger partial charge is 0.497 e. The number of carbonyl (C=O) groups is 2. The van der Waals surface area contributed by atoms with Crippen molar-refractivity contribution in [1.82, 2.24) is 9.88 Å². The Morgan fingerprint density at radius 2 is 2.04 bits per heavy atom. The molecule has 2 aromatic rings. The first-order chi connectivity index (χ1) is 13.5. The van der Waals surface area contributed by atoms with Crippen LogP contribution in [0.3, 0.4) is 0 Å². The molecule has 0 radical (unpaired) electrons. The van der Waals surface area contributed by atoms with Crippen LogP contribution >= 0.6 is 11.3 Å². The van der Waals surface area contributed by atoms with Crippen LogP contribution < -0.4 is 10.1 Å². The van der Waals surface area contributed by atoms with Crippen molar-refractivity contribution in [3.63, 3.8) is 0 Å². The van der Waals surface area contributed by atoms with Crippen molar-refractivity contribution in [2.24, 2.45) is 0 Å². The molecule has 1 aromatic carbocycles. The maximum absolute atomic E-state index is 12.2. The maximum atomic E-state index is 12.2. The van der Waals surface area contributed by atoms with Crippen molar-refractivity contribution in [3.05, 3.63) is 40.9 Å². The molecule has 1 aliphatic rings. The Balaban J connectivity index is 1.45. The van der Waals surface area contributed by atoms with Crippen LogP contribution in [0.2, 0.25) is 0 Å². The lowest BCUT2D eigenvalue weighted by Gasteiger charge is -2.32. The fourth-order valence-electron chi connectivity index (χ4n) is 3.36. The predicted molar refractivity (Wildman–Crippen MR) is 111 cm³/mol. The van der Waals surface area contributed by atoms with Crippen LogP contribution in [0.4, 0.5) is 5.13 Å². The number of nitrogens with one attached hydrogen (secondary N) is 1. The van der Waals surface area contributed by atoms with Gasteiger partial charge in [0.2, 0.25) is 5.91 Å². The summed E-state index contributed by atoms with van der Waals surface area (Å²) < 4.78 is 5.08. The van der Waals surface area contributed by atoms with Gasteiger partial charge in [-0.2, -0.15) is 0 Å². The molecule has 0 saturated carbocycles. The lowest BCUT2D eigenvalue weighted by atomic mass is 10.0. The fourth-order valence-corrected chi connectivity index (χ4v) is 4.22. The number of aromatic nitrogens is 1. The van der Waals surface area contributed by atoms with Crippen LogP contribution in [0.15, 0.2) is 30.5 Å². The van der Waals surface area contributed by atoms with Crippen molar-refractivity contribution in [3.8, 4) is 5.75 Å². The third kappa shape index (κ3) is 5.62. The van der Waals surface area contributed by atoms with Gasteiger partial charge in [-0.1, -0.05) is 6.42 Å². The molecule has 3 rings (SSSR count). The van der Waals surface area contributed by atoms with E-state index in [1.165, 1.54) is 30.6 Å². The normalized spacial score (nSPS) is 17.3. The molecule has 28 heavy (non-hydrogen) atoms. The summed E-state index contributed by atoms with van der Waals surface area (Å²) in [5.41, 5.74) is 0.584. The van der Waals surface area contributed by atoms with E-state index < -0.39 is 0 Å². The fraction of sp³-hybridized carbons (Fsp3) is 0.476. The number of benzene rings is 1. The molecular formula is C21H27N3O3S. The number of anilines is 1. The monoisotopic (exact) mass is 401 g/mol. The third-order valence-electron chi connectivity index (χ3n) is 5.09. The van der Waals surface area contributed by atoms with Crippen molar-refractivity contribution < 1.29 is 14.3 Å². The van der Waals surface area contributed by atoms with Gasteiger partial charge in [0, 0.05) is 42.1 Å². The highest BCUT2D eigenvalue weighted by Gasteiger charge is 2.19. The minimum absolute atomic E-state index is 0.0586. The Morgan fingerprint density at radius 1 is 1.25 bits per heavy atom. The van der Waals surface area contributed by atoms with E-state index in [-0.39, 0.29) is 24.5 Å². The van der Waals surface area contributed by atoms with E-state index in [9.17, 15) is 9.59 Å². The smallest absolute Gasteiger partial charge is 0.226 e. The zero-order valence-electron chi connectivity index (χ0n) is 16.4. The average molecular weight is 402 g/mol. The molecule has 2 heterocycles. The van der Waals surface area contributed by atoms with Gasteiger partial charge in [0.05, 0.1) is 7.11 Å². The van der Waals surface area contributed by atoms with Gasteiger partial charge in [0.25, 0.3) is 0 Å². The Labute approximate surface area is 169 Å². The quantitative estimate of drug-likeness (QED) is 0.674. The van der Waals surface area contributed by atoms with E-state index >= 15 is 0 Å². The van der Waals surface area contributed by atoms with Gasteiger partial charge in [-0.15, -0.1) is 11.3 Å². The zero-order valence-corrected chi connectivity index (χ0v) is 17.3. The van der Waals surface area contributed by atoms with E-state index in [0.29, 0.717) is 22.5 Å². The van der Waals surface area contributed by atoms with Crippen LogP contribution in [0.1, 0.15) is 54.3 Å². The van der Waals surface area contributed by atoms with E-state index in [1.54, 1.807) is 31.4 Å². The van der Waals surface area contributed by atoms with Gasteiger partial charge in [0.15, 0.2) is 10.9 Å². The molecule has 1 aliphatic heterocycles. The SMILES string of the molecule is COc1ccc(C(=O)CCC(=O)Nc2ncc(CN3CCCCC3C)s2)cc1. The molecule has 6 nitrogen and oxygen atoms in total. The average Bonchev–Trinajstić information content (AvgIpc) is 3.14. The number of amides is 1.